The molecule has 4 heteroatoms. The zero-order valence-corrected chi connectivity index (χ0v) is 19.4. The molecule has 0 amide bonds. The van der Waals surface area contributed by atoms with E-state index in [1.54, 1.807) is 0 Å². The zero-order valence-electron chi connectivity index (χ0n) is 19.4. The third kappa shape index (κ3) is 5.01. The summed E-state index contributed by atoms with van der Waals surface area (Å²) in [6.07, 6.45) is 14.3. The summed E-state index contributed by atoms with van der Waals surface area (Å²) in [5.74, 6) is -1.79. The molecule has 3 rings (SSSR count). The van der Waals surface area contributed by atoms with Gasteiger partial charge >= 0.3 is 0 Å². The molecule has 2 nitrogen and oxygen atoms in total. The summed E-state index contributed by atoms with van der Waals surface area (Å²) in [7, 11) is 0. The normalized spacial score (nSPS) is 36.9. The van der Waals surface area contributed by atoms with Crippen molar-refractivity contribution in [2.24, 2.45) is 23.2 Å². The number of allylic oxidation sites excluding steroid dienone is 3. The number of hydrogen-bond acceptors (Lipinski definition) is 2. The van der Waals surface area contributed by atoms with Crippen LogP contribution in [0.25, 0.3) is 0 Å². The zero-order chi connectivity index (χ0) is 22.2. The highest BCUT2D eigenvalue weighted by Crippen LogP contribution is 2.60. The molecule has 3 fully saturated rings. The lowest BCUT2D eigenvalue weighted by Crippen LogP contribution is -2.43. The largest absolute Gasteiger partial charge is 0.393 e. The van der Waals surface area contributed by atoms with Crippen molar-refractivity contribution < 1.29 is 19.0 Å². The number of aliphatic hydroxyl groups excluding tert-OH is 1. The van der Waals surface area contributed by atoms with Gasteiger partial charge in [-0.1, -0.05) is 37.1 Å². The molecule has 0 radical (unpaired) electrons. The fourth-order valence-electron chi connectivity index (χ4n) is 6.58. The summed E-state index contributed by atoms with van der Waals surface area (Å²) in [4.78, 5) is 0. The Morgan fingerprint density at radius 3 is 2.53 bits per heavy atom. The number of hydrogen-bond donors (Lipinski definition) is 2. The standard InChI is InChI=1S/C26H42F2O2/c1-18(14-16-26(27,28)24(2,3)30)22-12-13-23-20(8-6-15-25(22,23)4)11-10-19-7-5-9-21(29)17-19/h10-11,18,21-23,29-30H,5-9,12-17H2,1-4H3/b19-10-,20-11+/t18-,21?,22?,23?,25?/m1/s1. The molecular formula is C26H42F2O2. The first kappa shape index (κ1) is 23.9. The molecule has 0 heterocycles. The van der Waals surface area contributed by atoms with Gasteiger partial charge in [-0.15, -0.1) is 0 Å². The van der Waals surface area contributed by atoms with Crippen molar-refractivity contribution >= 4 is 0 Å². The van der Waals surface area contributed by atoms with Gasteiger partial charge in [0.1, 0.15) is 5.60 Å². The Morgan fingerprint density at radius 2 is 1.87 bits per heavy atom. The second-order valence-corrected chi connectivity index (χ2v) is 11.2. The van der Waals surface area contributed by atoms with Gasteiger partial charge in [-0.25, -0.2) is 8.78 Å². The second-order valence-electron chi connectivity index (χ2n) is 11.2. The van der Waals surface area contributed by atoms with Gasteiger partial charge in [-0.2, -0.15) is 0 Å². The molecule has 0 aromatic rings. The van der Waals surface area contributed by atoms with Crippen molar-refractivity contribution in [1.29, 1.82) is 0 Å². The minimum atomic E-state index is -3.05. The Labute approximate surface area is 181 Å². The average molecular weight is 425 g/mol. The molecule has 0 spiro atoms. The lowest BCUT2D eigenvalue weighted by atomic mass is 9.60. The Hall–Kier alpha value is -0.740. The summed E-state index contributed by atoms with van der Waals surface area (Å²) in [5, 5.41) is 19.7. The van der Waals surface area contributed by atoms with E-state index in [2.05, 4.69) is 26.0 Å². The van der Waals surface area contributed by atoms with Crippen molar-refractivity contribution in [1.82, 2.24) is 0 Å². The van der Waals surface area contributed by atoms with Crippen molar-refractivity contribution in [3.05, 3.63) is 23.3 Å². The van der Waals surface area contributed by atoms with Crippen LogP contribution in [0, 0.1) is 23.2 Å². The van der Waals surface area contributed by atoms with E-state index in [0.717, 1.165) is 44.9 Å². The van der Waals surface area contributed by atoms with Crippen molar-refractivity contribution in [2.45, 2.75) is 116 Å². The van der Waals surface area contributed by atoms with E-state index in [1.165, 1.54) is 37.8 Å². The molecule has 3 saturated carbocycles. The lowest BCUT2D eigenvalue weighted by Gasteiger charge is -2.44. The molecule has 3 aliphatic carbocycles. The minimum Gasteiger partial charge on any atom is -0.393 e. The highest BCUT2D eigenvalue weighted by Gasteiger charge is 2.51. The van der Waals surface area contributed by atoms with Crippen molar-refractivity contribution in [3.8, 4) is 0 Å². The fraction of sp³-hybridized carbons (Fsp3) is 0.846. The number of rotatable bonds is 6. The quantitative estimate of drug-likeness (QED) is 0.491. The van der Waals surface area contributed by atoms with Crippen LogP contribution in [0.5, 0.6) is 0 Å². The van der Waals surface area contributed by atoms with E-state index in [4.69, 9.17) is 0 Å². The maximum absolute atomic E-state index is 14.3. The van der Waals surface area contributed by atoms with E-state index < -0.39 is 11.5 Å². The van der Waals surface area contributed by atoms with Crippen LogP contribution in [-0.4, -0.2) is 27.8 Å². The average Bonchev–Trinajstić information content (AvgIpc) is 3.01. The van der Waals surface area contributed by atoms with Gasteiger partial charge < -0.3 is 10.2 Å². The predicted molar refractivity (Wildman–Crippen MR) is 118 cm³/mol. The number of aliphatic hydroxyl groups is 2. The third-order valence-electron chi connectivity index (χ3n) is 8.60. The molecule has 0 aromatic heterocycles. The summed E-state index contributed by atoms with van der Waals surface area (Å²) in [6, 6.07) is 0. The Kier molecular flexibility index (Phi) is 7.19. The van der Waals surface area contributed by atoms with Crippen molar-refractivity contribution in [2.75, 3.05) is 0 Å². The Morgan fingerprint density at radius 1 is 1.13 bits per heavy atom. The molecule has 5 atom stereocenters. The van der Waals surface area contributed by atoms with E-state index >= 15 is 0 Å². The molecular weight excluding hydrogens is 382 g/mol. The molecule has 0 bridgehead atoms. The first-order valence-corrected chi connectivity index (χ1v) is 12.1. The third-order valence-corrected chi connectivity index (χ3v) is 8.60. The topological polar surface area (TPSA) is 40.5 Å². The predicted octanol–water partition coefficient (Wildman–Crippen LogP) is 6.81. The monoisotopic (exact) mass is 424 g/mol. The van der Waals surface area contributed by atoms with Gasteiger partial charge in [0.25, 0.3) is 5.92 Å². The molecule has 3 aliphatic rings. The van der Waals surface area contributed by atoms with Gasteiger partial charge in [0, 0.05) is 6.42 Å². The Bertz CT molecular complexity index is 660. The first-order valence-electron chi connectivity index (χ1n) is 12.1. The number of halogens is 2. The van der Waals surface area contributed by atoms with Crippen LogP contribution in [0.1, 0.15) is 98.3 Å². The smallest absolute Gasteiger partial charge is 0.275 e. The summed E-state index contributed by atoms with van der Waals surface area (Å²) >= 11 is 0. The lowest BCUT2D eigenvalue weighted by molar-refractivity contribution is -0.168. The highest BCUT2D eigenvalue weighted by molar-refractivity contribution is 5.25. The van der Waals surface area contributed by atoms with Crippen LogP contribution in [-0.2, 0) is 0 Å². The molecule has 172 valence electrons. The molecule has 0 aliphatic heterocycles. The maximum atomic E-state index is 14.3. The fourth-order valence-corrected chi connectivity index (χ4v) is 6.58. The summed E-state index contributed by atoms with van der Waals surface area (Å²) in [6.45, 7) is 6.96. The highest BCUT2D eigenvalue weighted by atomic mass is 19.3. The summed E-state index contributed by atoms with van der Waals surface area (Å²) in [5.41, 5.74) is 1.13. The van der Waals surface area contributed by atoms with Crippen LogP contribution >= 0.6 is 0 Å². The van der Waals surface area contributed by atoms with Gasteiger partial charge in [0.05, 0.1) is 6.10 Å². The van der Waals surface area contributed by atoms with Crippen molar-refractivity contribution in [3.63, 3.8) is 0 Å². The molecule has 0 saturated heterocycles. The van der Waals surface area contributed by atoms with E-state index in [0.29, 0.717) is 18.3 Å². The summed E-state index contributed by atoms with van der Waals surface area (Å²) < 4.78 is 28.6. The number of alkyl halides is 2. The van der Waals surface area contributed by atoms with Crippen LogP contribution in [0.3, 0.4) is 0 Å². The number of fused-ring (bicyclic) bond motifs is 1. The van der Waals surface area contributed by atoms with Crippen LogP contribution < -0.4 is 0 Å². The maximum Gasteiger partial charge on any atom is 0.275 e. The van der Waals surface area contributed by atoms with Gasteiger partial charge in [-0.3, -0.25) is 0 Å². The molecule has 2 N–H and O–H groups in total. The molecule has 30 heavy (non-hydrogen) atoms. The van der Waals surface area contributed by atoms with E-state index in [-0.39, 0.29) is 23.9 Å². The van der Waals surface area contributed by atoms with Gasteiger partial charge in [0.15, 0.2) is 0 Å². The second kappa shape index (κ2) is 9.02. The van der Waals surface area contributed by atoms with Gasteiger partial charge in [0.2, 0.25) is 0 Å². The van der Waals surface area contributed by atoms with E-state index in [9.17, 15) is 19.0 Å². The van der Waals surface area contributed by atoms with Crippen LogP contribution in [0.4, 0.5) is 8.78 Å². The van der Waals surface area contributed by atoms with Gasteiger partial charge in [-0.05, 0) is 101 Å². The Balaban J connectivity index is 1.68. The SMILES string of the molecule is C[C@H](CCC(F)(F)C(C)(C)O)C1CCC2/C(=C/C=C3/CCCC(O)C3)CCCC21C. The first-order chi connectivity index (χ1) is 13.9. The molecule has 4 unspecified atom stereocenters. The van der Waals surface area contributed by atoms with E-state index in [1.807, 2.05) is 0 Å². The van der Waals surface area contributed by atoms with Crippen LogP contribution in [0.15, 0.2) is 23.3 Å². The minimum absolute atomic E-state index is 0.182. The van der Waals surface area contributed by atoms with Crippen LogP contribution in [0.2, 0.25) is 0 Å². The molecule has 0 aromatic carbocycles.